The lowest BCUT2D eigenvalue weighted by atomic mass is 9.95. The number of anilines is 1. The molecule has 5 rings (SSSR count). The van der Waals surface area contributed by atoms with Crippen LogP contribution in [0.15, 0.2) is 48.5 Å². The number of hydrogen-bond donors (Lipinski definition) is 0. The van der Waals surface area contributed by atoms with Gasteiger partial charge in [-0.3, -0.25) is 0 Å². The van der Waals surface area contributed by atoms with Gasteiger partial charge in [-0.15, -0.1) is 0 Å². The number of amides is 1. The summed E-state index contributed by atoms with van der Waals surface area (Å²) < 4.78 is 11.1. The first-order chi connectivity index (χ1) is 13.8. The van der Waals surface area contributed by atoms with Crippen molar-refractivity contribution in [1.29, 1.82) is 0 Å². The van der Waals surface area contributed by atoms with E-state index in [-0.39, 0.29) is 12.1 Å². The molecule has 2 saturated heterocycles. The molecule has 1 aliphatic carbocycles. The maximum Gasteiger partial charge on any atom is 0.410 e. The van der Waals surface area contributed by atoms with E-state index in [0.29, 0.717) is 12.5 Å². The van der Waals surface area contributed by atoms with Gasteiger partial charge in [-0.2, -0.15) is 0 Å². The number of carbonyl (C=O) groups excluding carboxylic acids is 1. The Balaban J connectivity index is 1.31. The van der Waals surface area contributed by atoms with Crippen LogP contribution in [0.2, 0.25) is 0 Å². The lowest BCUT2D eigenvalue weighted by molar-refractivity contribution is 0.0694. The van der Waals surface area contributed by atoms with Crippen molar-refractivity contribution in [2.75, 3.05) is 37.7 Å². The highest BCUT2D eigenvalue weighted by molar-refractivity contribution is 5.70. The monoisotopic (exact) mass is 378 g/mol. The van der Waals surface area contributed by atoms with E-state index in [9.17, 15) is 4.79 Å². The number of carbonyl (C=O) groups is 1. The zero-order valence-electron chi connectivity index (χ0n) is 16.0. The van der Waals surface area contributed by atoms with E-state index in [0.717, 1.165) is 51.3 Å². The lowest BCUT2D eigenvalue weighted by Gasteiger charge is -2.32. The van der Waals surface area contributed by atoms with Crippen LogP contribution in [-0.2, 0) is 16.1 Å². The minimum absolute atomic E-state index is 0.149. The van der Waals surface area contributed by atoms with E-state index < -0.39 is 0 Å². The molecule has 2 aromatic carbocycles. The van der Waals surface area contributed by atoms with Gasteiger partial charge in [0.15, 0.2) is 0 Å². The van der Waals surface area contributed by atoms with E-state index in [1.165, 1.54) is 16.8 Å². The number of benzene rings is 2. The van der Waals surface area contributed by atoms with E-state index in [4.69, 9.17) is 9.47 Å². The van der Waals surface area contributed by atoms with Crippen LogP contribution in [0, 0.1) is 0 Å². The van der Waals surface area contributed by atoms with Crippen molar-refractivity contribution in [2.24, 2.45) is 0 Å². The summed E-state index contributed by atoms with van der Waals surface area (Å²) in [7, 11) is 0. The second kappa shape index (κ2) is 7.47. The Morgan fingerprint density at radius 2 is 1.86 bits per heavy atom. The number of morpholine rings is 1. The van der Waals surface area contributed by atoms with Gasteiger partial charge < -0.3 is 19.3 Å². The van der Waals surface area contributed by atoms with Crippen molar-refractivity contribution in [3.05, 3.63) is 65.2 Å². The summed E-state index contributed by atoms with van der Waals surface area (Å²) in [4.78, 5) is 17.1. The molecule has 28 heavy (non-hydrogen) atoms. The second-order valence-corrected chi connectivity index (χ2v) is 7.88. The molecule has 2 fully saturated rings. The summed E-state index contributed by atoms with van der Waals surface area (Å²) in [6.07, 6.45) is 1.83. The third-order valence-electron chi connectivity index (χ3n) is 6.29. The quantitative estimate of drug-likeness (QED) is 0.807. The molecular formula is C23H26N2O3. The largest absolute Gasteiger partial charge is 0.445 e. The molecule has 2 aliphatic heterocycles. The summed E-state index contributed by atoms with van der Waals surface area (Å²) in [6, 6.07) is 16.8. The van der Waals surface area contributed by atoms with Crippen molar-refractivity contribution in [3.63, 3.8) is 0 Å². The molecule has 2 bridgehead atoms. The molecular weight excluding hydrogens is 352 g/mol. The Morgan fingerprint density at radius 1 is 1.04 bits per heavy atom. The van der Waals surface area contributed by atoms with Crippen LogP contribution in [-0.4, -0.2) is 43.8 Å². The number of fused-ring (bicyclic) bond motifs is 5. The fraction of sp³-hybridized carbons (Fsp3) is 0.435. The molecule has 5 heteroatoms. The van der Waals surface area contributed by atoms with Gasteiger partial charge in [-0.05, 0) is 47.6 Å². The first kappa shape index (κ1) is 17.6. The highest BCUT2D eigenvalue weighted by atomic mass is 16.6. The molecule has 0 saturated carbocycles. The second-order valence-electron chi connectivity index (χ2n) is 7.88. The van der Waals surface area contributed by atoms with Crippen LogP contribution in [0.1, 0.15) is 41.5 Å². The van der Waals surface area contributed by atoms with Gasteiger partial charge in [0.05, 0.1) is 19.3 Å². The fourth-order valence-electron chi connectivity index (χ4n) is 4.80. The zero-order chi connectivity index (χ0) is 18.9. The topological polar surface area (TPSA) is 42.0 Å². The summed E-state index contributed by atoms with van der Waals surface area (Å²) in [5, 5.41) is 0. The van der Waals surface area contributed by atoms with Crippen molar-refractivity contribution < 1.29 is 14.3 Å². The molecule has 5 nitrogen and oxygen atoms in total. The molecule has 2 atom stereocenters. The standard InChI is InChI=1S/C23H26N2O3/c26-23(28-16-17-4-2-1-3-5-17)25-9-8-18-14-22(25)20-7-6-19(15-21(18)20)24-10-12-27-13-11-24/h1-7,15,18,22H,8-14,16H2/t18-,22-/m1/s1. The average molecular weight is 378 g/mol. The SMILES string of the molecule is O=C(OCc1ccccc1)N1CC[C@@H]2C[C@@H]1c1ccc(N3CCOCC3)cc12. The molecule has 1 amide bonds. The van der Waals surface area contributed by atoms with Crippen LogP contribution in [0.25, 0.3) is 0 Å². The predicted octanol–water partition coefficient (Wildman–Crippen LogP) is 4.09. The number of nitrogens with zero attached hydrogens (tertiary/aromatic N) is 2. The first-order valence-corrected chi connectivity index (χ1v) is 10.2. The maximum atomic E-state index is 12.8. The van der Waals surface area contributed by atoms with E-state index in [1.807, 2.05) is 35.2 Å². The van der Waals surface area contributed by atoms with Gasteiger partial charge in [-0.25, -0.2) is 4.79 Å². The molecule has 0 spiro atoms. The third kappa shape index (κ3) is 3.24. The van der Waals surface area contributed by atoms with Crippen molar-refractivity contribution in [3.8, 4) is 0 Å². The minimum atomic E-state index is -0.197. The molecule has 0 N–H and O–H groups in total. The van der Waals surface area contributed by atoms with E-state index >= 15 is 0 Å². The van der Waals surface area contributed by atoms with Gasteiger partial charge in [0, 0.05) is 25.3 Å². The van der Waals surface area contributed by atoms with Crippen LogP contribution >= 0.6 is 0 Å². The van der Waals surface area contributed by atoms with Crippen LogP contribution in [0.3, 0.4) is 0 Å². The van der Waals surface area contributed by atoms with Crippen LogP contribution in [0.5, 0.6) is 0 Å². The molecule has 146 valence electrons. The minimum Gasteiger partial charge on any atom is -0.445 e. The predicted molar refractivity (Wildman–Crippen MR) is 108 cm³/mol. The normalized spacial score (nSPS) is 23.4. The van der Waals surface area contributed by atoms with Gasteiger partial charge >= 0.3 is 6.09 Å². The Kier molecular flexibility index (Phi) is 4.69. The van der Waals surface area contributed by atoms with Gasteiger partial charge in [0.1, 0.15) is 6.61 Å². The van der Waals surface area contributed by atoms with E-state index in [1.54, 1.807) is 0 Å². The Bertz CT molecular complexity index is 848. The summed E-state index contributed by atoms with van der Waals surface area (Å²) in [5.74, 6) is 0.555. The average Bonchev–Trinajstić information content (AvgIpc) is 3.05. The van der Waals surface area contributed by atoms with Crippen LogP contribution in [0.4, 0.5) is 10.5 Å². The van der Waals surface area contributed by atoms with Gasteiger partial charge in [0.2, 0.25) is 0 Å². The number of rotatable bonds is 3. The highest BCUT2D eigenvalue weighted by Crippen LogP contribution is 2.50. The van der Waals surface area contributed by atoms with Crippen molar-refractivity contribution >= 4 is 11.8 Å². The molecule has 0 aromatic heterocycles. The number of hydrogen-bond acceptors (Lipinski definition) is 4. The first-order valence-electron chi connectivity index (χ1n) is 10.2. The van der Waals surface area contributed by atoms with Gasteiger partial charge in [0.25, 0.3) is 0 Å². The van der Waals surface area contributed by atoms with Gasteiger partial charge in [-0.1, -0.05) is 36.4 Å². The molecule has 2 aromatic rings. The maximum absolute atomic E-state index is 12.8. The number of ether oxygens (including phenoxy) is 2. The summed E-state index contributed by atoms with van der Waals surface area (Å²) in [6.45, 7) is 4.59. The lowest BCUT2D eigenvalue weighted by Crippen LogP contribution is -2.37. The Morgan fingerprint density at radius 3 is 2.68 bits per heavy atom. The number of piperidine rings is 1. The van der Waals surface area contributed by atoms with Crippen molar-refractivity contribution in [1.82, 2.24) is 4.90 Å². The fourth-order valence-corrected chi connectivity index (χ4v) is 4.80. The Labute approximate surface area is 165 Å². The highest BCUT2D eigenvalue weighted by Gasteiger charge is 2.41. The van der Waals surface area contributed by atoms with E-state index in [2.05, 4.69) is 23.1 Å². The summed E-state index contributed by atoms with van der Waals surface area (Å²) in [5.41, 5.74) is 5.03. The molecule has 0 radical (unpaired) electrons. The van der Waals surface area contributed by atoms with Crippen molar-refractivity contribution in [2.45, 2.75) is 31.4 Å². The third-order valence-corrected chi connectivity index (χ3v) is 6.29. The smallest absolute Gasteiger partial charge is 0.410 e. The molecule has 2 heterocycles. The Hall–Kier alpha value is -2.53. The molecule has 3 aliphatic rings. The number of likely N-dealkylation sites (tertiary alicyclic amines) is 1. The summed E-state index contributed by atoms with van der Waals surface area (Å²) >= 11 is 0. The molecule has 0 unspecified atom stereocenters. The zero-order valence-corrected chi connectivity index (χ0v) is 16.0. The van der Waals surface area contributed by atoms with Crippen LogP contribution < -0.4 is 4.90 Å².